The maximum Gasteiger partial charge on any atom is 0.453 e. The fourth-order valence-electron chi connectivity index (χ4n) is 2.33. The number of hydrogen-bond acceptors (Lipinski definition) is 1. The van der Waals surface area contributed by atoms with Crippen LogP contribution in [-0.2, 0) is 6.42 Å². The van der Waals surface area contributed by atoms with Gasteiger partial charge in [-0.05, 0) is 24.0 Å². The van der Waals surface area contributed by atoms with Gasteiger partial charge in [-0.15, -0.1) is 0 Å². The summed E-state index contributed by atoms with van der Waals surface area (Å²) < 4.78 is 63.5. The Bertz CT molecular complexity index is 440. The quantitative estimate of drug-likeness (QED) is 0.771. The van der Waals surface area contributed by atoms with Gasteiger partial charge in [0.15, 0.2) is 0 Å². The third-order valence-corrected chi connectivity index (χ3v) is 3.32. The lowest BCUT2D eigenvalue weighted by molar-refractivity contribution is -0.314. The van der Waals surface area contributed by atoms with Crippen molar-refractivity contribution < 1.29 is 27.1 Å². The Balaban J connectivity index is 2.35. The monoisotopic (exact) mass is 266 g/mol. The van der Waals surface area contributed by atoms with Crippen LogP contribution < -0.4 is 0 Å². The van der Waals surface area contributed by atoms with E-state index in [0.29, 0.717) is 5.56 Å². The summed E-state index contributed by atoms with van der Waals surface area (Å²) in [6.07, 6.45) is -7.69. The van der Waals surface area contributed by atoms with Crippen LogP contribution in [0.1, 0.15) is 23.7 Å². The van der Waals surface area contributed by atoms with Crippen LogP contribution in [0.2, 0.25) is 0 Å². The van der Waals surface area contributed by atoms with Gasteiger partial charge in [0, 0.05) is 0 Å². The Labute approximate surface area is 100 Å². The standard InChI is InChI=1S/C12H11F5O/c13-11(14,12(15,16)17)9-6-5-7-3-1-2-4-8(7)10(9)18/h1-4,9-10,18H,5-6H2. The average Bonchev–Trinajstić information content (AvgIpc) is 2.28. The van der Waals surface area contributed by atoms with E-state index in [9.17, 15) is 27.1 Å². The molecular formula is C12H11F5O. The Hall–Kier alpha value is -1.17. The van der Waals surface area contributed by atoms with Crippen LogP contribution in [0.3, 0.4) is 0 Å². The summed E-state index contributed by atoms with van der Waals surface area (Å²) in [4.78, 5) is 0. The molecule has 1 aliphatic rings. The predicted molar refractivity (Wildman–Crippen MR) is 54.2 cm³/mol. The van der Waals surface area contributed by atoms with Crippen LogP contribution in [0.4, 0.5) is 22.0 Å². The molecule has 1 aromatic rings. The summed E-state index contributed by atoms with van der Waals surface area (Å²) in [7, 11) is 0. The number of fused-ring (bicyclic) bond motifs is 1. The minimum Gasteiger partial charge on any atom is -0.388 e. The molecule has 2 rings (SSSR count). The first-order chi connectivity index (χ1) is 8.25. The van der Waals surface area contributed by atoms with E-state index in [1.165, 1.54) is 12.1 Å². The summed E-state index contributed by atoms with van der Waals surface area (Å²) in [5, 5.41) is 9.74. The van der Waals surface area contributed by atoms with Crippen LogP contribution >= 0.6 is 0 Å². The molecule has 100 valence electrons. The van der Waals surface area contributed by atoms with Crippen molar-refractivity contribution in [2.45, 2.75) is 31.0 Å². The van der Waals surface area contributed by atoms with Crippen molar-refractivity contribution >= 4 is 0 Å². The fraction of sp³-hybridized carbons (Fsp3) is 0.500. The zero-order chi connectivity index (χ0) is 13.6. The molecule has 0 amide bonds. The molecule has 18 heavy (non-hydrogen) atoms. The number of alkyl halides is 5. The van der Waals surface area contributed by atoms with Crippen molar-refractivity contribution in [3.05, 3.63) is 35.4 Å². The molecule has 0 fully saturated rings. The van der Waals surface area contributed by atoms with Gasteiger partial charge in [-0.25, -0.2) is 0 Å². The Morgan fingerprint density at radius 2 is 1.67 bits per heavy atom. The zero-order valence-corrected chi connectivity index (χ0v) is 9.22. The largest absolute Gasteiger partial charge is 0.453 e. The van der Waals surface area contributed by atoms with E-state index in [2.05, 4.69) is 0 Å². The highest BCUT2D eigenvalue weighted by Gasteiger charge is 2.64. The van der Waals surface area contributed by atoms with Crippen molar-refractivity contribution in [1.82, 2.24) is 0 Å². The molecule has 0 saturated carbocycles. The van der Waals surface area contributed by atoms with Crippen molar-refractivity contribution in [3.63, 3.8) is 0 Å². The van der Waals surface area contributed by atoms with Gasteiger partial charge in [0.2, 0.25) is 0 Å². The van der Waals surface area contributed by atoms with Crippen LogP contribution in [0.15, 0.2) is 24.3 Å². The van der Waals surface area contributed by atoms with Gasteiger partial charge >= 0.3 is 12.1 Å². The van der Waals surface area contributed by atoms with Gasteiger partial charge in [0.1, 0.15) is 0 Å². The molecule has 6 heteroatoms. The molecule has 1 nitrogen and oxygen atoms in total. The second-order valence-electron chi connectivity index (χ2n) is 4.41. The highest BCUT2D eigenvalue weighted by Crippen LogP contribution is 2.50. The highest BCUT2D eigenvalue weighted by molar-refractivity contribution is 5.32. The Kier molecular flexibility index (Phi) is 3.09. The lowest BCUT2D eigenvalue weighted by Crippen LogP contribution is -2.47. The lowest BCUT2D eigenvalue weighted by atomic mass is 9.78. The van der Waals surface area contributed by atoms with Gasteiger partial charge in [0.05, 0.1) is 12.0 Å². The Morgan fingerprint density at radius 3 is 2.28 bits per heavy atom. The molecule has 2 unspecified atom stereocenters. The number of hydrogen-bond donors (Lipinski definition) is 1. The van der Waals surface area contributed by atoms with Crippen molar-refractivity contribution in [2.24, 2.45) is 5.92 Å². The molecule has 0 saturated heterocycles. The first-order valence-electron chi connectivity index (χ1n) is 5.45. The molecule has 0 heterocycles. The van der Waals surface area contributed by atoms with Crippen LogP contribution in [0.5, 0.6) is 0 Å². The van der Waals surface area contributed by atoms with E-state index >= 15 is 0 Å². The fourth-order valence-corrected chi connectivity index (χ4v) is 2.33. The second kappa shape index (κ2) is 4.19. The molecule has 0 bridgehead atoms. The van der Waals surface area contributed by atoms with E-state index in [-0.39, 0.29) is 18.4 Å². The smallest absolute Gasteiger partial charge is 0.388 e. The molecular weight excluding hydrogens is 255 g/mol. The minimum absolute atomic E-state index is 0.115. The van der Waals surface area contributed by atoms with E-state index < -0.39 is 24.1 Å². The van der Waals surface area contributed by atoms with Gasteiger partial charge in [0.25, 0.3) is 0 Å². The van der Waals surface area contributed by atoms with E-state index in [1.54, 1.807) is 12.1 Å². The topological polar surface area (TPSA) is 20.2 Å². The van der Waals surface area contributed by atoms with Gasteiger partial charge in [-0.3, -0.25) is 0 Å². The van der Waals surface area contributed by atoms with Crippen molar-refractivity contribution in [2.75, 3.05) is 0 Å². The van der Waals surface area contributed by atoms with Crippen LogP contribution in [0, 0.1) is 5.92 Å². The first-order valence-corrected chi connectivity index (χ1v) is 5.45. The summed E-state index contributed by atoms with van der Waals surface area (Å²) >= 11 is 0. The number of aliphatic hydroxyl groups excluding tert-OH is 1. The molecule has 0 aromatic heterocycles. The average molecular weight is 266 g/mol. The highest BCUT2D eigenvalue weighted by atomic mass is 19.4. The maximum atomic E-state index is 13.3. The van der Waals surface area contributed by atoms with E-state index in [4.69, 9.17) is 0 Å². The van der Waals surface area contributed by atoms with Crippen molar-refractivity contribution in [1.29, 1.82) is 0 Å². The number of aliphatic hydroxyl groups is 1. The molecule has 0 spiro atoms. The zero-order valence-electron chi connectivity index (χ0n) is 9.22. The minimum atomic E-state index is -5.63. The number of aryl methyl sites for hydroxylation is 1. The van der Waals surface area contributed by atoms with Crippen molar-refractivity contribution in [3.8, 4) is 0 Å². The number of benzene rings is 1. The number of rotatable bonds is 1. The summed E-state index contributed by atoms with van der Waals surface area (Å²) in [6, 6.07) is 6.18. The third-order valence-electron chi connectivity index (χ3n) is 3.32. The second-order valence-corrected chi connectivity index (χ2v) is 4.41. The third kappa shape index (κ3) is 1.98. The van der Waals surface area contributed by atoms with E-state index in [1.807, 2.05) is 0 Å². The molecule has 1 aromatic carbocycles. The molecule has 1 aliphatic carbocycles. The van der Waals surface area contributed by atoms with Crippen LogP contribution in [0.25, 0.3) is 0 Å². The van der Waals surface area contributed by atoms with E-state index in [0.717, 1.165) is 0 Å². The summed E-state index contributed by atoms with van der Waals surface area (Å²) in [5.74, 6) is -6.99. The maximum absolute atomic E-state index is 13.3. The normalized spacial score (nSPS) is 24.8. The SMILES string of the molecule is OC1c2ccccc2CCC1C(F)(F)C(F)(F)F. The lowest BCUT2D eigenvalue weighted by Gasteiger charge is -2.36. The molecule has 0 radical (unpaired) electrons. The molecule has 1 N–H and O–H groups in total. The molecule has 0 aliphatic heterocycles. The summed E-state index contributed by atoms with van der Waals surface area (Å²) in [5.41, 5.74) is 0.789. The van der Waals surface area contributed by atoms with Crippen LogP contribution in [-0.4, -0.2) is 17.2 Å². The predicted octanol–water partition coefficient (Wildman–Crippen LogP) is 3.48. The summed E-state index contributed by atoms with van der Waals surface area (Å²) in [6.45, 7) is 0. The molecule has 2 atom stereocenters. The van der Waals surface area contributed by atoms with Gasteiger partial charge in [-0.1, -0.05) is 24.3 Å². The number of halogens is 5. The Morgan fingerprint density at radius 1 is 1.06 bits per heavy atom. The van der Waals surface area contributed by atoms with Gasteiger partial charge < -0.3 is 5.11 Å². The first kappa shape index (κ1) is 13.3. The van der Waals surface area contributed by atoms with Gasteiger partial charge in [-0.2, -0.15) is 22.0 Å².